The van der Waals surface area contributed by atoms with Crippen LogP contribution in [0.1, 0.15) is 44.1 Å². The molecular weight excluding hydrogens is 379 g/mol. The molecule has 0 radical (unpaired) electrons. The number of sulfonamides is 1. The zero-order valence-corrected chi connectivity index (χ0v) is 16.3. The van der Waals surface area contributed by atoms with Gasteiger partial charge in [0.25, 0.3) is 10.0 Å². The maximum Gasteiger partial charge on any atom is 0.261 e. The lowest BCUT2D eigenvalue weighted by molar-refractivity contribution is -0.124. The monoisotopic (exact) mass is 402 g/mol. The molecule has 0 unspecified atom stereocenters. The van der Waals surface area contributed by atoms with E-state index in [1.54, 1.807) is 12.1 Å². The number of rotatable bonds is 6. The van der Waals surface area contributed by atoms with Gasteiger partial charge < -0.3 is 5.32 Å². The molecule has 0 aliphatic heterocycles. The lowest BCUT2D eigenvalue weighted by Gasteiger charge is -2.20. The normalized spacial score (nSPS) is 18.6. The summed E-state index contributed by atoms with van der Waals surface area (Å²) in [6.07, 6.45) is 6.05. The minimum Gasteiger partial charge on any atom is -0.353 e. The number of benzene rings is 2. The van der Waals surface area contributed by atoms with Crippen LogP contribution in [0.15, 0.2) is 53.4 Å². The lowest BCUT2D eigenvalue weighted by Crippen LogP contribution is -2.40. The Bertz CT molecular complexity index is 962. The molecule has 2 aromatic carbocycles. The van der Waals surface area contributed by atoms with Crippen molar-refractivity contribution in [1.82, 2.24) is 5.32 Å². The van der Waals surface area contributed by atoms with Crippen LogP contribution in [-0.4, -0.2) is 20.4 Å². The highest BCUT2D eigenvalue weighted by molar-refractivity contribution is 7.92. The Kier molecular flexibility index (Phi) is 4.87. The average molecular weight is 402 g/mol. The molecule has 0 heterocycles. The largest absolute Gasteiger partial charge is 0.353 e. The maximum absolute atomic E-state index is 13.0. The van der Waals surface area contributed by atoms with Gasteiger partial charge in [0.2, 0.25) is 5.91 Å². The van der Waals surface area contributed by atoms with Gasteiger partial charge in [-0.05, 0) is 67.6 Å². The van der Waals surface area contributed by atoms with Crippen LogP contribution in [0.2, 0.25) is 0 Å². The van der Waals surface area contributed by atoms with Crippen LogP contribution in [-0.2, 0) is 20.2 Å². The van der Waals surface area contributed by atoms with Gasteiger partial charge in [-0.25, -0.2) is 12.8 Å². The molecule has 2 aromatic rings. The quantitative estimate of drug-likeness (QED) is 0.773. The number of nitrogens with one attached hydrogen (secondary N) is 2. The van der Waals surface area contributed by atoms with Gasteiger partial charge in [0.05, 0.1) is 10.3 Å². The summed E-state index contributed by atoms with van der Waals surface area (Å²) < 4.78 is 40.3. The second kappa shape index (κ2) is 7.20. The number of carbonyl (C=O) groups is 1. The summed E-state index contributed by atoms with van der Waals surface area (Å²) in [7, 11) is -3.79. The van der Waals surface area contributed by atoms with Crippen LogP contribution in [0.4, 0.5) is 10.1 Å². The van der Waals surface area contributed by atoms with Gasteiger partial charge in [0, 0.05) is 11.7 Å². The Labute approximate surface area is 164 Å². The minimum absolute atomic E-state index is 0.00687. The summed E-state index contributed by atoms with van der Waals surface area (Å²) in [5, 5.41) is 3.18. The molecule has 4 rings (SSSR count). The molecule has 2 fully saturated rings. The van der Waals surface area contributed by atoms with Gasteiger partial charge in [0.15, 0.2) is 0 Å². The number of amides is 1. The van der Waals surface area contributed by atoms with Crippen molar-refractivity contribution in [2.75, 3.05) is 4.72 Å². The van der Waals surface area contributed by atoms with Crippen LogP contribution < -0.4 is 10.0 Å². The summed E-state index contributed by atoms with van der Waals surface area (Å²) >= 11 is 0. The van der Waals surface area contributed by atoms with E-state index >= 15 is 0 Å². The summed E-state index contributed by atoms with van der Waals surface area (Å²) in [4.78, 5) is 12.7. The first-order valence-corrected chi connectivity index (χ1v) is 11.1. The Morgan fingerprint density at radius 2 is 1.57 bits per heavy atom. The van der Waals surface area contributed by atoms with Crippen molar-refractivity contribution >= 4 is 21.6 Å². The van der Waals surface area contributed by atoms with Gasteiger partial charge in [0.1, 0.15) is 5.82 Å². The standard InChI is InChI=1S/C21H23FN2O3S/c22-16-7-11-19(12-8-16)28(26,27)24-18-9-5-15(6-10-18)21(13-14-21)20(25)23-17-3-1-2-4-17/h5-12,17,24H,1-4,13-14H2,(H,23,25). The molecule has 148 valence electrons. The van der Waals surface area contributed by atoms with Crippen molar-refractivity contribution in [3.05, 3.63) is 59.9 Å². The van der Waals surface area contributed by atoms with Gasteiger partial charge in [-0.15, -0.1) is 0 Å². The molecule has 2 N–H and O–H groups in total. The van der Waals surface area contributed by atoms with Crippen molar-refractivity contribution in [3.63, 3.8) is 0 Å². The Morgan fingerprint density at radius 1 is 0.964 bits per heavy atom. The molecule has 5 nitrogen and oxygen atoms in total. The SMILES string of the molecule is O=C(NC1CCCC1)C1(c2ccc(NS(=O)(=O)c3ccc(F)cc3)cc2)CC1. The van der Waals surface area contributed by atoms with E-state index in [1.807, 2.05) is 12.1 Å². The van der Waals surface area contributed by atoms with Crippen molar-refractivity contribution in [2.45, 2.75) is 54.9 Å². The van der Waals surface area contributed by atoms with Crippen molar-refractivity contribution in [1.29, 1.82) is 0 Å². The molecule has 0 saturated heterocycles. The fourth-order valence-electron chi connectivity index (χ4n) is 3.85. The molecular formula is C21H23FN2O3S. The number of anilines is 1. The van der Waals surface area contributed by atoms with E-state index in [2.05, 4.69) is 10.0 Å². The highest BCUT2D eigenvalue weighted by atomic mass is 32.2. The molecule has 0 bridgehead atoms. The zero-order valence-electron chi connectivity index (χ0n) is 15.4. The van der Waals surface area contributed by atoms with Gasteiger partial charge in [-0.2, -0.15) is 0 Å². The van der Waals surface area contributed by atoms with E-state index in [1.165, 1.54) is 25.0 Å². The van der Waals surface area contributed by atoms with E-state index in [-0.39, 0.29) is 16.8 Å². The summed E-state index contributed by atoms with van der Waals surface area (Å²) in [5.74, 6) is -0.409. The Hall–Kier alpha value is -2.41. The second-order valence-electron chi connectivity index (χ2n) is 7.67. The molecule has 2 aliphatic rings. The van der Waals surface area contributed by atoms with E-state index in [0.29, 0.717) is 5.69 Å². The van der Waals surface area contributed by atoms with Gasteiger partial charge in [-0.1, -0.05) is 25.0 Å². The highest BCUT2D eigenvalue weighted by Gasteiger charge is 2.51. The molecule has 28 heavy (non-hydrogen) atoms. The molecule has 0 aromatic heterocycles. The predicted octanol–water partition coefficient (Wildman–Crippen LogP) is 3.72. The number of carbonyl (C=O) groups excluding carboxylic acids is 1. The first-order valence-electron chi connectivity index (χ1n) is 9.59. The molecule has 2 saturated carbocycles. The molecule has 2 aliphatic carbocycles. The number of halogens is 1. The van der Waals surface area contributed by atoms with Crippen LogP contribution in [0.25, 0.3) is 0 Å². The van der Waals surface area contributed by atoms with Gasteiger partial charge >= 0.3 is 0 Å². The zero-order chi connectivity index (χ0) is 19.8. The van der Waals surface area contributed by atoms with Crippen molar-refractivity contribution in [2.24, 2.45) is 0 Å². The summed E-state index contributed by atoms with van der Waals surface area (Å²) in [5.41, 5.74) is 0.838. The Balaban J connectivity index is 1.46. The smallest absolute Gasteiger partial charge is 0.261 e. The highest BCUT2D eigenvalue weighted by Crippen LogP contribution is 2.49. The molecule has 7 heteroatoms. The first-order chi connectivity index (χ1) is 13.4. The van der Waals surface area contributed by atoms with Crippen LogP contribution >= 0.6 is 0 Å². The lowest BCUT2D eigenvalue weighted by atomic mass is 9.94. The van der Waals surface area contributed by atoms with E-state index in [4.69, 9.17) is 0 Å². The Morgan fingerprint density at radius 3 is 2.14 bits per heavy atom. The number of hydrogen-bond donors (Lipinski definition) is 2. The minimum atomic E-state index is -3.79. The topological polar surface area (TPSA) is 75.3 Å². The summed E-state index contributed by atoms with van der Waals surface area (Å²) in [6, 6.07) is 11.9. The third-order valence-electron chi connectivity index (χ3n) is 5.69. The third-order valence-corrected chi connectivity index (χ3v) is 7.09. The first kappa shape index (κ1) is 18.9. The predicted molar refractivity (Wildman–Crippen MR) is 105 cm³/mol. The van der Waals surface area contributed by atoms with E-state index < -0.39 is 21.3 Å². The molecule has 1 amide bonds. The fraction of sp³-hybridized carbons (Fsp3) is 0.381. The molecule has 0 spiro atoms. The van der Waals surface area contributed by atoms with Crippen LogP contribution in [0, 0.1) is 5.82 Å². The maximum atomic E-state index is 13.0. The van der Waals surface area contributed by atoms with Crippen molar-refractivity contribution < 1.29 is 17.6 Å². The van der Waals surface area contributed by atoms with Crippen molar-refractivity contribution in [3.8, 4) is 0 Å². The van der Waals surface area contributed by atoms with Gasteiger partial charge in [-0.3, -0.25) is 9.52 Å². The molecule has 0 atom stereocenters. The van der Waals surface area contributed by atoms with E-state index in [0.717, 1.165) is 43.4 Å². The fourth-order valence-corrected chi connectivity index (χ4v) is 4.91. The van der Waals surface area contributed by atoms with E-state index in [9.17, 15) is 17.6 Å². The van der Waals surface area contributed by atoms with Crippen LogP contribution in [0.5, 0.6) is 0 Å². The second-order valence-corrected chi connectivity index (χ2v) is 9.36. The summed E-state index contributed by atoms with van der Waals surface area (Å²) in [6.45, 7) is 0. The number of hydrogen-bond acceptors (Lipinski definition) is 3. The average Bonchev–Trinajstić information content (AvgIpc) is 3.33. The van der Waals surface area contributed by atoms with Crippen LogP contribution in [0.3, 0.4) is 0 Å². The third kappa shape index (κ3) is 3.76.